The number of carbonyl (C=O) groups is 1. The highest BCUT2D eigenvalue weighted by molar-refractivity contribution is 8.00. The van der Waals surface area contributed by atoms with E-state index >= 15 is 0 Å². The topological polar surface area (TPSA) is 82.2 Å². The van der Waals surface area contributed by atoms with E-state index in [1.807, 2.05) is 61.5 Å². The number of hydrogen-bond donors (Lipinski definition) is 2. The summed E-state index contributed by atoms with van der Waals surface area (Å²) in [5, 5.41) is 3.41. The number of fused-ring (bicyclic) bond motifs is 1. The number of rotatable bonds is 5. The predicted molar refractivity (Wildman–Crippen MR) is 111 cm³/mol. The Kier molecular flexibility index (Phi) is 5.25. The van der Waals surface area contributed by atoms with Gasteiger partial charge in [0.1, 0.15) is 5.75 Å². The Morgan fingerprint density at radius 1 is 1.25 bits per heavy atom. The molecule has 1 aliphatic rings. The third-order valence-corrected chi connectivity index (χ3v) is 5.77. The average molecular weight is 395 g/mol. The lowest BCUT2D eigenvalue weighted by molar-refractivity contribution is -0.121. The lowest BCUT2D eigenvalue weighted by Gasteiger charge is -2.27. The smallest absolute Gasteiger partial charge is 0.233 e. The third-order valence-electron chi connectivity index (χ3n) is 4.69. The van der Waals surface area contributed by atoms with Crippen molar-refractivity contribution in [3.63, 3.8) is 0 Å². The fourth-order valence-corrected chi connectivity index (χ4v) is 4.02. The number of nitrogens with two attached hydrogens (primary N) is 1. The Morgan fingerprint density at radius 3 is 2.82 bits per heavy atom. The first-order valence-corrected chi connectivity index (χ1v) is 10.1. The zero-order chi connectivity index (χ0) is 19.5. The van der Waals surface area contributed by atoms with E-state index in [9.17, 15) is 4.79 Å². The number of carbonyl (C=O) groups excluding carboxylic acids is 1. The molecule has 6 nitrogen and oxygen atoms in total. The van der Waals surface area contributed by atoms with Crippen LogP contribution in [-0.2, 0) is 4.79 Å². The molecule has 0 unspecified atom stereocenters. The number of aromatic nitrogens is 2. The van der Waals surface area contributed by atoms with Gasteiger partial charge in [-0.05, 0) is 13.0 Å². The highest BCUT2D eigenvalue weighted by Gasteiger charge is 2.26. The van der Waals surface area contributed by atoms with E-state index in [1.165, 1.54) is 16.4 Å². The molecule has 28 heavy (non-hydrogen) atoms. The molecular formula is C21H22N4O2S. The molecule has 2 heterocycles. The highest BCUT2D eigenvalue weighted by Crippen LogP contribution is 2.32. The summed E-state index contributed by atoms with van der Waals surface area (Å²) in [6.07, 6.45) is 2.53. The van der Waals surface area contributed by atoms with Crippen LogP contribution in [0.4, 0.5) is 0 Å². The number of para-hydroxylation sites is 1. The van der Waals surface area contributed by atoms with Crippen LogP contribution in [0, 0.1) is 0 Å². The zero-order valence-corrected chi connectivity index (χ0v) is 16.4. The number of ether oxygens (including phenoxy) is 1. The van der Waals surface area contributed by atoms with E-state index in [-0.39, 0.29) is 17.2 Å². The molecule has 0 saturated carbocycles. The molecule has 7 heteroatoms. The van der Waals surface area contributed by atoms with E-state index in [4.69, 9.17) is 10.6 Å². The van der Waals surface area contributed by atoms with Gasteiger partial charge in [0.05, 0.1) is 29.8 Å². The van der Waals surface area contributed by atoms with E-state index < -0.39 is 0 Å². The SMILES string of the molecule is C[C@@H](Sc1nc(-c2ccccc2)cn1N)C(=O)N[C@@H]1CCOc2ccccc21. The van der Waals surface area contributed by atoms with Crippen molar-refractivity contribution in [2.24, 2.45) is 0 Å². The van der Waals surface area contributed by atoms with E-state index in [0.29, 0.717) is 11.8 Å². The summed E-state index contributed by atoms with van der Waals surface area (Å²) in [4.78, 5) is 17.3. The minimum Gasteiger partial charge on any atom is -0.493 e. The maximum atomic E-state index is 12.8. The number of amides is 1. The lowest BCUT2D eigenvalue weighted by Crippen LogP contribution is -2.36. The van der Waals surface area contributed by atoms with Crippen molar-refractivity contribution in [1.82, 2.24) is 15.0 Å². The minimum atomic E-state index is -0.330. The Bertz CT molecular complexity index is 974. The molecule has 0 saturated heterocycles. The van der Waals surface area contributed by atoms with Crippen molar-refractivity contribution in [3.05, 3.63) is 66.4 Å². The second-order valence-corrected chi connectivity index (χ2v) is 7.99. The summed E-state index contributed by atoms with van der Waals surface area (Å²) >= 11 is 1.35. The molecule has 3 N–H and O–H groups in total. The van der Waals surface area contributed by atoms with Crippen LogP contribution in [0.3, 0.4) is 0 Å². The van der Waals surface area contributed by atoms with Gasteiger partial charge in [-0.3, -0.25) is 4.79 Å². The molecule has 0 fully saturated rings. The molecule has 2 aromatic carbocycles. The zero-order valence-electron chi connectivity index (χ0n) is 15.5. The Labute approximate surface area is 168 Å². The largest absolute Gasteiger partial charge is 0.493 e. The summed E-state index contributed by atoms with van der Waals surface area (Å²) < 4.78 is 7.14. The van der Waals surface area contributed by atoms with Gasteiger partial charge in [0.2, 0.25) is 5.91 Å². The first-order valence-electron chi connectivity index (χ1n) is 9.20. The monoisotopic (exact) mass is 394 g/mol. The van der Waals surface area contributed by atoms with Crippen LogP contribution in [0.5, 0.6) is 5.75 Å². The van der Waals surface area contributed by atoms with E-state index in [1.54, 1.807) is 6.20 Å². The van der Waals surface area contributed by atoms with Gasteiger partial charge in [-0.2, -0.15) is 0 Å². The van der Waals surface area contributed by atoms with Crippen molar-refractivity contribution in [2.75, 3.05) is 12.4 Å². The van der Waals surface area contributed by atoms with Gasteiger partial charge in [0.15, 0.2) is 5.16 Å². The molecule has 3 aromatic rings. The van der Waals surface area contributed by atoms with Crippen molar-refractivity contribution >= 4 is 17.7 Å². The average Bonchev–Trinajstić information content (AvgIpc) is 3.09. The fraction of sp³-hybridized carbons (Fsp3) is 0.238. The molecule has 0 aliphatic carbocycles. The molecule has 1 aromatic heterocycles. The van der Waals surface area contributed by atoms with Crippen molar-refractivity contribution < 1.29 is 9.53 Å². The van der Waals surface area contributed by atoms with Crippen LogP contribution in [0.25, 0.3) is 11.3 Å². The second-order valence-electron chi connectivity index (χ2n) is 6.68. The minimum absolute atomic E-state index is 0.0435. The van der Waals surface area contributed by atoms with Gasteiger partial charge < -0.3 is 15.9 Å². The molecule has 0 spiro atoms. The molecule has 2 atom stereocenters. The van der Waals surface area contributed by atoms with Crippen molar-refractivity contribution in [3.8, 4) is 17.0 Å². The van der Waals surface area contributed by atoms with Crippen LogP contribution in [0.2, 0.25) is 0 Å². The van der Waals surface area contributed by atoms with Gasteiger partial charge in [0.25, 0.3) is 0 Å². The van der Waals surface area contributed by atoms with Crippen molar-refractivity contribution in [1.29, 1.82) is 0 Å². The Hall–Kier alpha value is -2.93. The summed E-state index contributed by atoms with van der Waals surface area (Å²) in [5.41, 5.74) is 2.80. The number of nitrogens with one attached hydrogen (secondary N) is 1. The summed E-state index contributed by atoms with van der Waals surface area (Å²) in [6.45, 7) is 2.46. The summed E-state index contributed by atoms with van der Waals surface area (Å²) in [6, 6.07) is 17.6. The fourth-order valence-electron chi connectivity index (χ4n) is 3.20. The molecule has 1 amide bonds. The normalized spacial score (nSPS) is 16.7. The van der Waals surface area contributed by atoms with Crippen LogP contribution in [0.15, 0.2) is 66.0 Å². The Balaban J connectivity index is 1.44. The molecule has 4 rings (SSSR count). The highest BCUT2D eigenvalue weighted by atomic mass is 32.2. The first-order chi connectivity index (χ1) is 13.6. The van der Waals surface area contributed by atoms with Crippen LogP contribution in [-0.4, -0.2) is 27.4 Å². The molecule has 144 valence electrons. The van der Waals surface area contributed by atoms with Crippen LogP contribution >= 0.6 is 11.8 Å². The second kappa shape index (κ2) is 7.98. The number of nitrogens with zero attached hydrogens (tertiary/aromatic N) is 2. The van der Waals surface area contributed by atoms with Crippen molar-refractivity contribution in [2.45, 2.75) is 29.8 Å². The quantitative estimate of drug-likeness (QED) is 0.512. The van der Waals surface area contributed by atoms with Crippen LogP contribution in [0.1, 0.15) is 24.9 Å². The molecule has 1 aliphatic heterocycles. The van der Waals surface area contributed by atoms with Gasteiger partial charge in [-0.25, -0.2) is 9.66 Å². The van der Waals surface area contributed by atoms with E-state index in [0.717, 1.165) is 29.0 Å². The number of hydrogen-bond acceptors (Lipinski definition) is 5. The number of imidazole rings is 1. The summed E-state index contributed by atoms with van der Waals surface area (Å²) in [5.74, 6) is 6.85. The predicted octanol–water partition coefficient (Wildman–Crippen LogP) is 3.38. The van der Waals surface area contributed by atoms with Crippen LogP contribution < -0.4 is 15.9 Å². The van der Waals surface area contributed by atoms with Gasteiger partial charge >= 0.3 is 0 Å². The molecular weight excluding hydrogens is 372 g/mol. The summed E-state index contributed by atoms with van der Waals surface area (Å²) in [7, 11) is 0. The number of nitrogen functional groups attached to an aromatic ring is 1. The standard InChI is InChI=1S/C21H22N4O2S/c1-14(20(26)23-17-11-12-27-19-10-6-5-9-16(17)19)28-21-24-18(13-25(21)22)15-7-3-2-4-8-15/h2-10,13-14,17H,11-12,22H2,1H3,(H,23,26)/t14-,17-/m1/s1. The maximum Gasteiger partial charge on any atom is 0.233 e. The van der Waals surface area contributed by atoms with Gasteiger partial charge in [0, 0.05) is 17.5 Å². The Morgan fingerprint density at radius 2 is 2.00 bits per heavy atom. The third kappa shape index (κ3) is 3.84. The van der Waals surface area contributed by atoms with Gasteiger partial charge in [-0.1, -0.05) is 60.3 Å². The van der Waals surface area contributed by atoms with Gasteiger partial charge in [-0.15, -0.1) is 0 Å². The maximum absolute atomic E-state index is 12.8. The first kappa shape index (κ1) is 18.4. The molecule has 0 bridgehead atoms. The number of thioether (sulfide) groups is 1. The van der Waals surface area contributed by atoms with E-state index in [2.05, 4.69) is 10.3 Å². The number of benzene rings is 2. The lowest BCUT2D eigenvalue weighted by atomic mass is 10.0. The molecule has 0 radical (unpaired) electrons.